The van der Waals surface area contributed by atoms with Crippen LogP contribution in [0.15, 0.2) is 12.5 Å². The number of hydrogen-bond acceptors (Lipinski definition) is 2. The molecule has 3 nitrogen and oxygen atoms in total. The van der Waals surface area contributed by atoms with Gasteiger partial charge in [0.1, 0.15) is 0 Å². The van der Waals surface area contributed by atoms with E-state index >= 15 is 0 Å². The third kappa shape index (κ3) is 2.30. The van der Waals surface area contributed by atoms with Crippen molar-refractivity contribution in [1.82, 2.24) is 9.55 Å². The molecule has 1 aromatic rings. The molecule has 112 valence electrons. The van der Waals surface area contributed by atoms with Crippen molar-refractivity contribution in [2.75, 3.05) is 6.54 Å². The zero-order chi connectivity index (χ0) is 14.3. The van der Waals surface area contributed by atoms with Crippen LogP contribution in [-0.4, -0.2) is 16.1 Å². The fraction of sp³-hybridized carbons (Fsp3) is 0.824. The number of fused-ring (bicyclic) bond motifs is 2. The van der Waals surface area contributed by atoms with Gasteiger partial charge in [0.25, 0.3) is 0 Å². The van der Waals surface area contributed by atoms with Gasteiger partial charge in [-0.25, -0.2) is 4.98 Å². The minimum Gasteiger partial charge on any atom is -0.331 e. The molecule has 5 atom stereocenters. The van der Waals surface area contributed by atoms with Gasteiger partial charge in [0.05, 0.1) is 6.33 Å². The lowest BCUT2D eigenvalue weighted by Crippen LogP contribution is -2.26. The molecule has 2 saturated carbocycles. The van der Waals surface area contributed by atoms with Crippen LogP contribution in [-0.2, 0) is 0 Å². The maximum Gasteiger partial charge on any atom is 0.0950 e. The van der Waals surface area contributed by atoms with E-state index in [0.717, 1.165) is 17.8 Å². The Labute approximate surface area is 123 Å². The summed E-state index contributed by atoms with van der Waals surface area (Å²) >= 11 is 0. The number of rotatable bonds is 5. The zero-order valence-corrected chi connectivity index (χ0v) is 13.1. The zero-order valence-electron chi connectivity index (χ0n) is 13.1. The Morgan fingerprint density at radius 1 is 1.30 bits per heavy atom. The Morgan fingerprint density at radius 2 is 2.10 bits per heavy atom. The molecule has 2 aliphatic carbocycles. The van der Waals surface area contributed by atoms with Crippen LogP contribution in [0.4, 0.5) is 0 Å². The van der Waals surface area contributed by atoms with Gasteiger partial charge < -0.3 is 10.3 Å². The van der Waals surface area contributed by atoms with Crippen LogP contribution < -0.4 is 5.73 Å². The highest BCUT2D eigenvalue weighted by atomic mass is 15.1. The van der Waals surface area contributed by atoms with E-state index in [0.29, 0.717) is 24.4 Å². The molecular formula is C17H29N3. The Morgan fingerprint density at radius 3 is 2.65 bits per heavy atom. The van der Waals surface area contributed by atoms with Crippen LogP contribution >= 0.6 is 0 Å². The molecule has 0 radical (unpaired) electrons. The van der Waals surface area contributed by atoms with E-state index in [4.69, 9.17) is 5.73 Å². The van der Waals surface area contributed by atoms with Gasteiger partial charge in [0, 0.05) is 30.4 Å². The largest absolute Gasteiger partial charge is 0.331 e. The van der Waals surface area contributed by atoms with Crippen LogP contribution in [0.1, 0.15) is 64.1 Å². The maximum atomic E-state index is 6.01. The molecule has 2 bridgehead atoms. The minimum atomic E-state index is 0.429. The van der Waals surface area contributed by atoms with E-state index in [2.05, 4.69) is 30.3 Å². The second-order valence-electron chi connectivity index (χ2n) is 7.39. The molecule has 5 unspecified atom stereocenters. The quantitative estimate of drug-likeness (QED) is 0.892. The third-order valence-corrected chi connectivity index (χ3v) is 5.99. The number of hydrogen-bond donors (Lipinski definition) is 1. The maximum absolute atomic E-state index is 6.01. The van der Waals surface area contributed by atoms with Gasteiger partial charge in [-0.3, -0.25) is 0 Å². The first-order valence-electron chi connectivity index (χ1n) is 8.33. The Hall–Kier alpha value is -0.830. The highest BCUT2D eigenvalue weighted by Gasteiger charge is 2.42. The molecule has 0 saturated heterocycles. The molecule has 2 fully saturated rings. The minimum absolute atomic E-state index is 0.429. The number of aromatic nitrogens is 2. The SMILES string of the molecule is CC(C)C(CN)c1cncn1C(C)C1CC2CCC1C2. The molecule has 2 N–H and O–H groups in total. The lowest BCUT2D eigenvalue weighted by Gasteiger charge is -2.32. The monoisotopic (exact) mass is 275 g/mol. The van der Waals surface area contributed by atoms with E-state index in [9.17, 15) is 0 Å². The molecule has 3 heteroatoms. The lowest BCUT2D eigenvalue weighted by molar-refractivity contribution is 0.236. The van der Waals surface area contributed by atoms with Gasteiger partial charge in [0.2, 0.25) is 0 Å². The topological polar surface area (TPSA) is 43.8 Å². The second-order valence-corrected chi connectivity index (χ2v) is 7.39. The fourth-order valence-electron chi connectivity index (χ4n) is 4.77. The average Bonchev–Trinajstić information content (AvgIpc) is 3.14. The summed E-state index contributed by atoms with van der Waals surface area (Å²) < 4.78 is 2.43. The number of nitrogens with two attached hydrogens (primary N) is 1. The van der Waals surface area contributed by atoms with Crippen molar-refractivity contribution in [1.29, 1.82) is 0 Å². The normalized spacial score (nSPS) is 31.9. The second kappa shape index (κ2) is 5.51. The van der Waals surface area contributed by atoms with E-state index in [1.54, 1.807) is 0 Å². The first-order chi connectivity index (χ1) is 9.61. The average molecular weight is 275 g/mol. The van der Waals surface area contributed by atoms with Crippen LogP contribution in [0.3, 0.4) is 0 Å². The predicted molar refractivity (Wildman–Crippen MR) is 82.5 cm³/mol. The Balaban J connectivity index is 1.82. The van der Waals surface area contributed by atoms with Gasteiger partial charge >= 0.3 is 0 Å². The van der Waals surface area contributed by atoms with Crippen molar-refractivity contribution in [2.45, 2.75) is 58.4 Å². The van der Waals surface area contributed by atoms with E-state index in [1.165, 1.54) is 31.4 Å². The van der Waals surface area contributed by atoms with Crippen LogP contribution in [0, 0.1) is 23.7 Å². The summed E-state index contributed by atoms with van der Waals surface area (Å²) in [5, 5.41) is 0. The highest BCUT2D eigenvalue weighted by Crippen LogP contribution is 2.52. The smallest absolute Gasteiger partial charge is 0.0950 e. The van der Waals surface area contributed by atoms with Gasteiger partial charge in [-0.05, 0) is 49.9 Å². The van der Waals surface area contributed by atoms with Crippen LogP contribution in [0.2, 0.25) is 0 Å². The van der Waals surface area contributed by atoms with E-state index in [-0.39, 0.29) is 0 Å². The summed E-state index contributed by atoms with van der Waals surface area (Å²) in [6.07, 6.45) is 9.91. The van der Waals surface area contributed by atoms with Crippen molar-refractivity contribution in [2.24, 2.45) is 29.4 Å². The Kier molecular flexibility index (Phi) is 3.89. The summed E-state index contributed by atoms with van der Waals surface area (Å²) in [5.74, 6) is 3.82. The molecule has 20 heavy (non-hydrogen) atoms. The number of nitrogens with zero attached hydrogens (tertiary/aromatic N) is 2. The summed E-state index contributed by atoms with van der Waals surface area (Å²) in [7, 11) is 0. The molecule has 0 amide bonds. The van der Waals surface area contributed by atoms with Crippen molar-refractivity contribution in [3.05, 3.63) is 18.2 Å². The van der Waals surface area contributed by atoms with Crippen LogP contribution in [0.5, 0.6) is 0 Å². The van der Waals surface area contributed by atoms with Crippen LogP contribution in [0.25, 0.3) is 0 Å². The molecule has 1 aromatic heterocycles. The van der Waals surface area contributed by atoms with E-state index in [1.807, 2.05) is 12.5 Å². The summed E-state index contributed by atoms with van der Waals surface area (Å²) in [6, 6.07) is 0.579. The van der Waals surface area contributed by atoms with Gasteiger partial charge in [-0.2, -0.15) is 0 Å². The number of imidazole rings is 1. The first kappa shape index (κ1) is 14.1. The highest BCUT2D eigenvalue weighted by molar-refractivity contribution is 5.10. The fourth-order valence-corrected chi connectivity index (χ4v) is 4.77. The molecule has 0 aromatic carbocycles. The lowest BCUT2D eigenvalue weighted by atomic mass is 9.83. The van der Waals surface area contributed by atoms with Crippen molar-refractivity contribution in [3.8, 4) is 0 Å². The molecule has 2 aliphatic rings. The Bertz CT molecular complexity index is 451. The van der Waals surface area contributed by atoms with Gasteiger partial charge in [-0.1, -0.05) is 20.3 Å². The molecule has 0 spiro atoms. The first-order valence-corrected chi connectivity index (χ1v) is 8.33. The van der Waals surface area contributed by atoms with E-state index < -0.39 is 0 Å². The predicted octanol–water partition coefficient (Wildman–Crippen LogP) is 3.58. The summed E-state index contributed by atoms with van der Waals surface area (Å²) in [5.41, 5.74) is 7.35. The van der Waals surface area contributed by atoms with Crippen molar-refractivity contribution >= 4 is 0 Å². The van der Waals surface area contributed by atoms with Gasteiger partial charge in [0.15, 0.2) is 0 Å². The van der Waals surface area contributed by atoms with Crippen molar-refractivity contribution in [3.63, 3.8) is 0 Å². The molecule has 0 aliphatic heterocycles. The molecule has 1 heterocycles. The standard InChI is InChI=1S/C17H29N3/c1-11(2)16(8-18)17-9-19-10-20(17)12(3)15-7-13-4-5-14(15)6-13/h9-16H,4-8,18H2,1-3H3. The van der Waals surface area contributed by atoms with Gasteiger partial charge in [-0.15, -0.1) is 0 Å². The third-order valence-electron chi connectivity index (χ3n) is 5.99. The molecule has 3 rings (SSSR count). The molecular weight excluding hydrogens is 246 g/mol. The summed E-state index contributed by atoms with van der Waals surface area (Å²) in [4.78, 5) is 4.44. The summed E-state index contributed by atoms with van der Waals surface area (Å²) in [6.45, 7) is 7.63. The van der Waals surface area contributed by atoms with Crippen molar-refractivity contribution < 1.29 is 0 Å².